The highest BCUT2D eigenvalue weighted by atomic mass is 19.4. The highest BCUT2D eigenvalue weighted by Crippen LogP contribution is 2.43. The van der Waals surface area contributed by atoms with Crippen LogP contribution in [0, 0.1) is 17.7 Å². The molecule has 3 aliphatic rings. The van der Waals surface area contributed by atoms with E-state index in [0.717, 1.165) is 6.42 Å². The SMILES string of the molecule is CC1CC1C(=O)N1CC2(CC(Oc3ncccc3F)CCO2)C1.O=C(O)C(F)(F)F. The number of halogens is 4. The van der Waals surface area contributed by atoms with Crippen LogP contribution in [0.25, 0.3) is 0 Å². The van der Waals surface area contributed by atoms with E-state index in [1.807, 2.05) is 4.90 Å². The van der Waals surface area contributed by atoms with Crippen molar-refractivity contribution in [3.63, 3.8) is 0 Å². The highest BCUT2D eigenvalue weighted by molar-refractivity contribution is 5.82. The molecule has 1 amide bonds. The lowest BCUT2D eigenvalue weighted by Crippen LogP contribution is -2.67. The van der Waals surface area contributed by atoms with Gasteiger partial charge in [0.05, 0.1) is 19.7 Å². The van der Waals surface area contributed by atoms with E-state index in [-0.39, 0.29) is 29.4 Å². The summed E-state index contributed by atoms with van der Waals surface area (Å²) < 4.78 is 57.0. The second-order valence-electron chi connectivity index (χ2n) is 7.87. The van der Waals surface area contributed by atoms with Crippen molar-refractivity contribution in [3.05, 3.63) is 24.1 Å². The molecular weight excluding hydrogens is 412 g/mol. The van der Waals surface area contributed by atoms with Gasteiger partial charge in [0.25, 0.3) is 5.88 Å². The van der Waals surface area contributed by atoms with Gasteiger partial charge in [0, 0.05) is 25.0 Å². The molecule has 0 aromatic carbocycles. The molecule has 3 unspecified atom stereocenters. The largest absolute Gasteiger partial charge is 0.490 e. The van der Waals surface area contributed by atoms with Gasteiger partial charge in [0.1, 0.15) is 11.7 Å². The van der Waals surface area contributed by atoms with Crippen LogP contribution < -0.4 is 4.74 Å². The number of hydrogen-bond acceptors (Lipinski definition) is 5. The van der Waals surface area contributed by atoms with E-state index < -0.39 is 18.0 Å². The van der Waals surface area contributed by atoms with Crippen LogP contribution in [0.2, 0.25) is 0 Å². The van der Waals surface area contributed by atoms with Gasteiger partial charge in [-0.05, 0) is 24.5 Å². The van der Waals surface area contributed by atoms with Gasteiger partial charge in [-0.2, -0.15) is 13.2 Å². The summed E-state index contributed by atoms with van der Waals surface area (Å²) in [6.07, 6.45) is -1.29. The minimum absolute atomic E-state index is 0.0496. The summed E-state index contributed by atoms with van der Waals surface area (Å²) >= 11 is 0. The van der Waals surface area contributed by atoms with Gasteiger partial charge in [-0.25, -0.2) is 14.2 Å². The number of amides is 1. The molecule has 1 aromatic heterocycles. The average molecular weight is 434 g/mol. The average Bonchev–Trinajstić information content (AvgIpc) is 3.38. The number of ether oxygens (including phenoxy) is 2. The summed E-state index contributed by atoms with van der Waals surface area (Å²) in [5, 5.41) is 7.12. The van der Waals surface area contributed by atoms with Gasteiger partial charge < -0.3 is 19.5 Å². The summed E-state index contributed by atoms with van der Waals surface area (Å²) in [5.74, 6) is -2.16. The first kappa shape index (κ1) is 22.3. The van der Waals surface area contributed by atoms with Crippen molar-refractivity contribution in [1.82, 2.24) is 9.88 Å². The maximum atomic E-state index is 13.7. The van der Waals surface area contributed by atoms with Gasteiger partial charge in [0.15, 0.2) is 5.82 Å². The van der Waals surface area contributed by atoms with Crippen LogP contribution in [0.5, 0.6) is 5.88 Å². The number of carboxylic acids is 1. The van der Waals surface area contributed by atoms with Gasteiger partial charge in [-0.15, -0.1) is 0 Å². The third-order valence-electron chi connectivity index (χ3n) is 5.39. The minimum Gasteiger partial charge on any atom is -0.475 e. The first-order valence-corrected chi connectivity index (χ1v) is 9.51. The van der Waals surface area contributed by atoms with Crippen LogP contribution in [0.15, 0.2) is 18.3 Å². The molecule has 0 radical (unpaired) electrons. The lowest BCUT2D eigenvalue weighted by atomic mass is 9.84. The topological polar surface area (TPSA) is 89.0 Å². The molecule has 1 aliphatic carbocycles. The fraction of sp³-hybridized carbons (Fsp3) is 0.632. The molecular formula is C19H22F4N2O5. The second-order valence-corrected chi connectivity index (χ2v) is 7.87. The first-order valence-electron chi connectivity index (χ1n) is 9.51. The van der Waals surface area contributed by atoms with Crippen molar-refractivity contribution in [1.29, 1.82) is 0 Å². The van der Waals surface area contributed by atoms with Crippen molar-refractivity contribution in [2.75, 3.05) is 19.7 Å². The van der Waals surface area contributed by atoms with Crippen molar-refractivity contribution >= 4 is 11.9 Å². The predicted octanol–water partition coefficient (Wildman–Crippen LogP) is 2.65. The number of pyridine rings is 1. The molecule has 1 saturated carbocycles. The number of rotatable bonds is 3. The molecule has 2 aliphatic heterocycles. The van der Waals surface area contributed by atoms with E-state index in [2.05, 4.69) is 11.9 Å². The number of aromatic nitrogens is 1. The van der Waals surface area contributed by atoms with Crippen molar-refractivity contribution in [2.24, 2.45) is 11.8 Å². The third kappa shape index (κ3) is 5.18. The Hall–Kier alpha value is -2.43. The molecule has 3 fully saturated rings. The number of carboxylic acid groups (broad SMARTS) is 1. The van der Waals surface area contributed by atoms with Gasteiger partial charge in [-0.1, -0.05) is 6.92 Å². The molecule has 0 bridgehead atoms. The Morgan fingerprint density at radius 2 is 2.00 bits per heavy atom. The molecule has 7 nitrogen and oxygen atoms in total. The standard InChI is InChI=1S/C17H21FN2O3.C2HF3O2/c1-11-7-13(11)16(21)20-9-17(10-20)8-12(4-6-22-17)23-15-14(18)3-2-5-19-15;3-2(4,5)1(6)7/h2-3,5,11-13H,4,6-10H2,1H3;(H,6,7). The second kappa shape index (κ2) is 8.37. The molecule has 166 valence electrons. The van der Waals surface area contributed by atoms with Crippen LogP contribution in [-0.2, 0) is 14.3 Å². The fourth-order valence-electron chi connectivity index (χ4n) is 3.63. The number of carbonyl (C=O) groups excluding carboxylic acids is 1. The number of aliphatic carboxylic acids is 1. The Kier molecular flexibility index (Phi) is 6.21. The summed E-state index contributed by atoms with van der Waals surface area (Å²) in [4.78, 5) is 26.9. The van der Waals surface area contributed by atoms with Crippen LogP contribution in [0.1, 0.15) is 26.2 Å². The van der Waals surface area contributed by atoms with E-state index in [1.54, 1.807) is 6.07 Å². The third-order valence-corrected chi connectivity index (χ3v) is 5.39. The molecule has 11 heteroatoms. The number of likely N-dealkylation sites (tertiary alicyclic amines) is 1. The van der Waals surface area contributed by atoms with E-state index in [0.29, 0.717) is 38.5 Å². The highest BCUT2D eigenvalue weighted by Gasteiger charge is 2.53. The Bertz CT molecular complexity index is 797. The predicted molar refractivity (Wildman–Crippen MR) is 94.1 cm³/mol. The zero-order valence-electron chi connectivity index (χ0n) is 16.2. The monoisotopic (exact) mass is 434 g/mol. The van der Waals surface area contributed by atoms with Crippen molar-refractivity contribution in [2.45, 2.75) is 44.1 Å². The Morgan fingerprint density at radius 3 is 2.53 bits per heavy atom. The first-order chi connectivity index (χ1) is 14.0. The van der Waals surface area contributed by atoms with E-state index in [1.165, 1.54) is 12.3 Å². The van der Waals surface area contributed by atoms with E-state index in [9.17, 15) is 22.4 Å². The maximum absolute atomic E-state index is 13.7. The molecule has 2 saturated heterocycles. The van der Waals surface area contributed by atoms with Crippen molar-refractivity contribution < 1.29 is 41.7 Å². The summed E-state index contributed by atoms with van der Waals surface area (Å²) in [6.45, 7) is 3.93. The molecule has 3 heterocycles. The lowest BCUT2D eigenvalue weighted by molar-refractivity contribution is -0.194. The molecule has 1 spiro atoms. The van der Waals surface area contributed by atoms with Crippen LogP contribution in [0.4, 0.5) is 17.6 Å². The van der Waals surface area contributed by atoms with Gasteiger partial charge in [-0.3, -0.25) is 4.79 Å². The number of alkyl halides is 3. The maximum Gasteiger partial charge on any atom is 0.490 e. The Morgan fingerprint density at radius 1 is 1.37 bits per heavy atom. The molecule has 1 aromatic rings. The summed E-state index contributed by atoms with van der Waals surface area (Å²) in [7, 11) is 0. The van der Waals surface area contributed by atoms with E-state index in [4.69, 9.17) is 19.4 Å². The normalized spacial score (nSPS) is 26.8. The van der Waals surface area contributed by atoms with Crippen molar-refractivity contribution in [3.8, 4) is 5.88 Å². The number of nitrogens with zero attached hydrogens (tertiary/aromatic N) is 2. The number of carbonyl (C=O) groups is 2. The Labute approximate surface area is 170 Å². The lowest BCUT2D eigenvalue weighted by Gasteiger charge is -2.53. The van der Waals surface area contributed by atoms with Crippen LogP contribution >= 0.6 is 0 Å². The summed E-state index contributed by atoms with van der Waals surface area (Å²) in [5.41, 5.74) is -0.317. The van der Waals surface area contributed by atoms with E-state index >= 15 is 0 Å². The minimum atomic E-state index is -5.08. The smallest absolute Gasteiger partial charge is 0.475 e. The zero-order chi connectivity index (χ0) is 22.1. The fourth-order valence-corrected chi connectivity index (χ4v) is 3.63. The van der Waals surface area contributed by atoms with Gasteiger partial charge >= 0.3 is 12.1 Å². The van der Waals surface area contributed by atoms with Crippen LogP contribution in [0.3, 0.4) is 0 Å². The van der Waals surface area contributed by atoms with Crippen LogP contribution in [-0.4, -0.2) is 64.4 Å². The molecule has 1 N–H and O–H groups in total. The molecule has 3 atom stereocenters. The number of hydrogen-bond donors (Lipinski definition) is 1. The molecule has 30 heavy (non-hydrogen) atoms. The molecule has 4 rings (SSSR count). The van der Waals surface area contributed by atoms with Gasteiger partial charge in [0.2, 0.25) is 5.91 Å². The zero-order valence-corrected chi connectivity index (χ0v) is 16.2. The Balaban J connectivity index is 0.000000318. The quantitative estimate of drug-likeness (QED) is 0.736. The summed E-state index contributed by atoms with van der Waals surface area (Å²) in [6, 6.07) is 2.89.